The largest absolute Gasteiger partial charge is 0.476 e. The molecule has 4 aromatic heterocycles. The van der Waals surface area contributed by atoms with Crippen molar-refractivity contribution in [2.75, 3.05) is 10.6 Å². The quantitative estimate of drug-likeness (QED) is 0.137. The first-order chi connectivity index (χ1) is 20.7. The third-order valence-corrected chi connectivity index (χ3v) is 7.17. The van der Waals surface area contributed by atoms with Crippen LogP contribution in [0.1, 0.15) is 32.1 Å². The van der Waals surface area contributed by atoms with E-state index in [1.807, 2.05) is 18.2 Å². The molecule has 0 radical (unpaired) electrons. The number of nitrogens with one attached hydrogen (secondary N) is 2. The molecule has 0 aliphatic carbocycles. The van der Waals surface area contributed by atoms with E-state index in [0.717, 1.165) is 11.1 Å². The Morgan fingerprint density at radius 3 is 1.72 bits per heavy atom. The topological polar surface area (TPSA) is 133 Å². The maximum Gasteiger partial charge on any atom is 0.355 e. The van der Waals surface area contributed by atoms with Gasteiger partial charge in [0.15, 0.2) is 11.4 Å². The Morgan fingerprint density at radius 1 is 0.698 bits per heavy atom. The summed E-state index contributed by atoms with van der Waals surface area (Å²) in [7, 11) is 0. The lowest BCUT2D eigenvalue weighted by atomic mass is 10.2. The molecule has 0 bridgehead atoms. The number of carbonyl (C=O) groups is 2. The highest BCUT2D eigenvalue weighted by atomic mass is 35.5. The van der Waals surface area contributed by atoms with Crippen LogP contribution in [0.2, 0.25) is 15.1 Å². The Kier molecular flexibility index (Phi) is 9.01. The maximum atomic E-state index is 11.5. The fourth-order valence-corrected chi connectivity index (χ4v) is 5.23. The second-order valence-electron chi connectivity index (χ2n) is 9.19. The zero-order valence-corrected chi connectivity index (χ0v) is 24.5. The number of carboxylic acids is 2. The molecule has 0 fully saturated rings. The van der Waals surface area contributed by atoms with Crippen LogP contribution in [0, 0.1) is 0 Å². The summed E-state index contributed by atoms with van der Waals surface area (Å²) in [6.45, 7) is 0.848. The number of carboxylic acid groups (broad SMARTS) is 2. The summed E-state index contributed by atoms with van der Waals surface area (Å²) in [6, 6.07) is 19.6. The number of hydrogen-bond acceptors (Lipinski definition) is 6. The molecule has 0 saturated carbocycles. The highest BCUT2D eigenvalue weighted by molar-refractivity contribution is 6.34. The summed E-state index contributed by atoms with van der Waals surface area (Å²) in [5, 5.41) is 26.8. The van der Waals surface area contributed by atoms with Gasteiger partial charge in [-0.3, -0.25) is 8.80 Å². The van der Waals surface area contributed by atoms with E-state index in [2.05, 4.69) is 20.6 Å². The van der Waals surface area contributed by atoms with Gasteiger partial charge in [-0.1, -0.05) is 53.0 Å². The minimum Gasteiger partial charge on any atom is -0.476 e. The van der Waals surface area contributed by atoms with Crippen LogP contribution in [-0.2, 0) is 13.1 Å². The summed E-state index contributed by atoms with van der Waals surface area (Å²) in [4.78, 5) is 31.2. The van der Waals surface area contributed by atoms with Crippen molar-refractivity contribution in [2.45, 2.75) is 13.1 Å². The fourth-order valence-electron chi connectivity index (χ4n) is 4.45. The summed E-state index contributed by atoms with van der Waals surface area (Å²) >= 11 is 18.0. The Bertz CT molecular complexity index is 1940. The van der Waals surface area contributed by atoms with Gasteiger partial charge in [0.2, 0.25) is 0 Å². The molecule has 4 N–H and O–H groups in total. The van der Waals surface area contributed by atoms with Gasteiger partial charge in [0.1, 0.15) is 11.3 Å². The lowest BCUT2D eigenvalue weighted by molar-refractivity contribution is 0.0679. The third-order valence-electron chi connectivity index (χ3n) is 6.37. The number of rotatable bonds is 8. The molecule has 0 aliphatic rings. The molecule has 2 aromatic carbocycles. The molecule has 218 valence electrons. The Hall–Kier alpha value is -4.77. The van der Waals surface area contributed by atoms with Crippen LogP contribution in [-0.4, -0.2) is 40.9 Å². The first-order valence-electron chi connectivity index (χ1n) is 12.8. The van der Waals surface area contributed by atoms with E-state index < -0.39 is 11.9 Å². The number of halogens is 3. The van der Waals surface area contributed by atoms with Crippen molar-refractivity contribution in [1.82, 2.24) is 18.8 Å². The van der Waals surface area contributed by atoms with Gasteiger partial charge in [-0.25, -0.2) is 19.6 Å². The molecule has 0 aliphatic heterocycles. The molecular formula is C30H23Cl3N6O4. The first-order valence-corrected chi connectivity index (χ1v) is 13.9. The lowest BCUT2D eigenvalue weighted by Crippen LogP contribution is -2.11. The monoisotopic (exact) mass is 636 g/mol. The second kappa shape index (κ2) is 13.0. The number of fused-ring (bicyclic) bond motifs is 2. The van der Waals surface area contributed by atoms with Gasteiger partial charge < -0.3 is 20.8 Å². The van der Waals surface area contributed by atoms with Crippen molar-refractivity contribution >= 4 is 69.4 Å². The van der Waals surface area contributed by atoms with Crippen LogP contribution in [0.3, 0.4) is 0 Å². The van der Waals surface area contributed by atoms with Gasteiger partial charge in [-0.05, 0) is 59.7 Å². The SMILES string of the molecule is O=C(O)c1c(NCc2cc(Cl)cc(Cl)c2)ccc2nccn12.O=C(O)c1c(NCc2ccccc2Cl)ccc2nccn12. The molecule has 0 amide bonds. The van der Waals surface area contributed by atoms with Gasteiger partial charge in [-0.2, -0.15) is 0 Å². The van der Waals surface area contributed by atoms with Crippen LogP contribution < -0.4 is 10.6 Å². The molecule has 0 saturated heterocycles. The number of anilines is 2. The van der Waals surface area contributed by atoms with Gasteiger partial charge in [-0.15, -0.1) is 0 Å². The van der Waals surface area contributed by atoms with Crippen molar-refractivity contribution in [1.29, 1.82) is 0 Å². The molecule has 10 nitrogen and oxygen atoms in total. The number of imidazole rings is 2. The highest BCUT2D eigenvalue weighted by Crippen LogP contribution is 2.23. The fraction of sp³-hybridized carbons (Fsp3) is 0.0667. The standard InChI is InChI=1S/C15H11Cl2N3O2.C15H12ClN3O2/c16-10-5-9(6-11(17)7-10)8-19-12-1-2-13-18-3-4-20(13)14(12)15(21)22;16-11-4-2-1-3-10(11)9-18-12-5-6-13-17-7-8-19(13)14(12)15(20)21/h1-7,19H,8H2,(H,21,22);1-8,18H,9H2,(H,20,21). The molecule has 13 heteroatoms. The van der Waals surface area contributed by atoms with Crippen LogP contribution in [0.4, 0.5) is 11.4 Å². The van der Waals surface area contributed by atoms with Gasteiger partial charge in [0, 0.05) is 52.9 Å². The predicted octanol–water partition coefficient (Wildman–Crippen LogP) is 7.25. The number of benzene rings is 2. The summed E-state index contributed by atoms with van der Waals surface area (Å²) in [6.07, 6.45) is 6.36. The zero-order chi connectivity index (χ0) is 30.5. The molecule has 0 unspecified atom stereocenters. The van der Waals surface area contributed by atoms with Crippen molar-refractivity contribution in [3.05, 3.63) is 129 Å². The zero-order valence-electron chi connectivity index (χ0n) is 22.2. The summed E-state index contributed by atoms with van der Waals surface area (Å²) in [5.41, 5.74) is 4.23. The number of pyridine rings is 2. The summed E-state index contributed by atoms with van der Waals surface area (Å²) in [5.74, 6) is -2.05. The normalized spacial score (nSPS) is 10.8. The van der Waals surface area contributed by atoms with Crippen LogP contribution in [0.25, 0.3) is 11.3 Å². The Labute approximate surface area is 260 Å². The Balaban J connectivity index is 0.000000171. The van der Waals surface area contributed by atoms with Gasteiger partial charge in [0.25, 0.3) is 0 Å². The molecule has 0 atom stereocenters. The molecule has 6 rings (SSSR count). The van der Waals surface area contributed by atoms with Crippen molar-refractivity contribution in [3.8, 4) is 0 Å². The maximum absolute atomic E-state index is 11.5. The van der Waals surface area contributed by atoms with Gasteiger partial charge >= 0.3 is 11.9 Å². The molecular weight excluding hydrogens is 615 g/mol. The van der Waals surface area contributed by atoms with Crippen molar-refractivity contribution in [3.63, 3.8) is 0 Å². The van der Waals surface area contributed by atoms with Crippen molar-refractivity contribution < 1.29 is 19.8 Å². The number of hydrogen-bond donors (Lipinski definition) is 4. The molecule has 43 heavy (non-hydrogen) atoms. The minimum absolute atomic E-state index is 0.128. The summed E-state index contributed by atoms with van der Waals surface area (Å²) < 4.78 is 3.06. The Morgan fingerprint density at radius 2 is 1.21 bits per heavy atom. The average Bonchev–Trinajstić information content (AvgIpc) is 3.64. The highest BCUT2D eigenvalue weighted by Gasteiger charge is 2.16. The van der Waals surface area contributed by atoms with Crippen LogP contribution in [0.5, 0.6) is 0 Å². The van der Waals surface area contributed by atoms with E-state index in [9.17, 15) is 19.8 Å². The number of aromatic carboxylic acids is 2. The minimum atomic E-state index is -1.03. The van der Waals surface area contributed by atoms with Crippen molar-refractivity contribution in [2.24, 2.45) is 0 Å². The lowest BCUT2D eigenvalue weighted by Gasteiger charge is -2.12. The molecule has 6 aromatic rings. The number of nitrogens with zero attached hydrogens (tertiary/aromatic N) is 4. The number of aromatic nitrogens is 4. The van der Waals surface area contributed by atoms with Gasteiger partial charge in [0.05, 0.1) is 11.4 Å². The molecule has 0 spiro atoms. The van der Waals surface area contributed by atoms with E-state index in [1.165, 1.54) is 8.80 Å². The molecule has 4 heterocycles. The van der Waals surface area contributed by atoms with Crippen LogP contribution in [0.15, 0.2) is 91.5 Å². The predicted molar refractivity (Wildman–Crippen MR) is 167 cm³/mol. The van der Waals surface area contributed by atoms with E-state index >= 15 is 0 Å². The van der Waals surface area contributed by atoms with Crippen LogP contribution >= 0.6 is 34.8 Å². The van der Waals surface area contributed by atoms with E-state index in [-0.39, 0.29) is 11.4 Å². The average molecular weight is 638 g/mol. The first kappa shape index (κ1) is 29.7. The third kappa shape index (κ3) is 6.83. The second-order valence-corrected chi connectivity index (χ2v) is 10.5. The van der Waals surface area contributed by atoms with E-state index in [4.69, 9.17) is 34.8 Å². The van der Waals surface area contributed by atoms with E-state index in [1.54, 1.807) is 73.3 Å². The van der Waals surface area contributed by atoms with E-state index in [0.29, 0.717) is 50.8 Å². The smallest absolute Gasteiger partial charge is 0.355 e.